The van der Waals surface area contributed by atoms with Crippen LogP contribution in [0.5, 0.6) is 0 Å². The van der Waals surface area contributed by atoms with Gasteiger partial charge in [-0.3, -0.25) is 14.5 Å². The Morgan fingerprint density at radius 1 is 1.43 bits per heavy atom. The normalized spacial score (nSPS) is 18.8. The summed E-state index contributed by atoms with van der Waals surface area (Å²) in [5, 5.41) is 2.61. The molecule has 21 heavy (non-hydrogen) atoms. The molecule has 0 saturated carbocycles. The van der Waals surface area contributed by atoms with Gasteiger partial charge in [-0.1, -0.05) is 12.7 Å². The Bertz CT molecular complexity index is 520. The van der Waals surface area contributed by atoms with Gasteiger partial charge < -0.3 is 10.1 Å². The summed E-state index contributed by atoms with van der Waals surface area (Å²) in [6.07, 6.45) is 4.08. The summed E-state index contributed by atoms with van der Waals surface area (Å²) in [5.74, 6) is -0.303. The van der Waals surface area contributed by atoms with Crippen molar-refractivity contribution in [3.63, 3.8) is 0 Å². The summed E-state index contributed by atoms with van der Waals surface area (Å²) < 4.78 is 5.17. The molecule has 2 amide bonds. The van der Waals surface area contributed by atoms with Gasteiger partial charge in [0, 0.05) is 18.2 Å². The summed E-state index contributed by atoms with van der Waals surface area (Å²) >= 11 is 0. The van der Waals surface area contributed by atoms with Crippen LogP contribution in [0.2, 0.25) is 0 Å². The third-order valence-electron chi connectivity index (χ3n) is 2.97. The Morgan fingerprint density at radius 3 is 2.62 bits per heavy atom. The molecule has 1 fully saturated rings. The SMILES string of the molecule is C=C(C=CC(=CC)N1CC(CNC(C)=O)OC1=O)C(C)=O. The van der Waals surface area contributed by atoms with Crippen LogP contribution in [0.4, 0.5) is 4.79 Å². The summed E-state index contributed by atoms with van der Waals surface area (Å²) in [6, 6.07) is 0. The number of rotatable bonds is 6. The molecule has 0 aromatic rings. The smallest absolute Gasteiger partial charge is 0.414 e. The van der Waals surface area contributed by atoms with Gasteiger partial charge >= 0.3 is 6.09 Å². The van der Waals surface area contributed by atoms with Crippen LogP contribution in [0.15, 0.2) is 36.1 Å². The van der Waals surface area contributed by atoms with Gasteiger partial charge in [0.15, 0.2) is 5.78 Å². The summed E-state index contributed by atoms with van der Waals surface area (Å²) in [5.41, 5.74) is 0.976. The third-order valence-corrected chi connectivity index (χ3v) is 2.97. The minimum absolute atomic E-state index is 0.130. The molecule has 0 radical (unpaired) electrons. The molecular weight excluding hydrogens is 272 g/mol. The highest BCUT2D eigenvalue weighted by Gasteiger charge is 2.32. The number of carbonyl (C=O) groups excluding carboxylic acids is 3. The maximum atomic E-state index is 11.8. The van der Waals surface area contributed by atoms with E-state index >= 15 is 0 Å². The van der Waals surface area contributed by atoms with Crippen molar-refractivity contribution >= 4 is 17.8 Å². The van der Waals surface area contributed by atoms with Gasteiger partial charge in [0.25, 0.3) is 0 Å². The molecule has 6 nitrogen and oxygen atoms in total. The van der Waals surface area contributed by atoms with Crippen LogP contribution in [-0.4, -0.2) is 41.9 Å². The van der Waals surface area contributed by atoms with E-state index < -0.39 is 6.09 Å². The van der Waals surface area contributed by atoms with Gasteiger partial charge in [-0.05, 0) is 26.0 Å². The molecule has 1 atom stereocenters. The molecule has 114 valence electrons. The number of cyclic esters (lactones) is 1. The number of hydrogen-bond acceptors (Lipinski definition) is 4. The lowest BCUT2D eigenvalue weighted by Gasteiger charge is -2.14. The minimum atomic E-state index is -0.475. The van der Waals surface area contributed by atoms with Gasteiger partial charge in [0.1, 0.15) is 6.10 Å². The first-order chi connectivity index (χ1) is 9.85. The zero-order valence-corrected chi connectivity index (χ0v) is 12.5. The van der Waals surface area contributed by atoms with Crippen molar-refractivity contribution in [1.29, 1.82) is 0 Å². The lowest BCUT2D eigenvalue weighted by Crippen LogP contribution is -2.33. The molecule has 1 aliphatic heterocycles. The number of amides is 2. The van der Waals surface area contributed by atoms with Crippen molar-refractivity contribution in [3.05, 3.63) is 36.1 Å². The largest absolute Gasteiger partial charge is 0.442 e. The standard InChI is InChI=1S/C15H20N2O4/c1-5-13(7-6-10(2)11(3)18)17-9-14(21-15(17)20)8-16-12(4)19/h5-7,14H,2,8-9H2,1,3-4H3,(H,16,19). The van der Waals surface area contributed by atoms with E-state index in [1.165, 1.54) is 18.7 Å². The maximum absolute atomic E-state index is 11.8. The lowest BCUT2D eigenvalue weighted by molar-refractivity contribution is -0.119. The van der Waals surface area contributed by atoms with E-state index in [0.717, 1.165) is 0 Å². The Labute approximate surface area is 124 Å². The van der Waals surface area contributed by atoms with Crippen LogP contribution in [-0.2, 0) is 14.3 Å². The number of nitrogens with zero attached hydrogens (tertiary/aromatic N) is 1. The number of ketones is 1. The van der Waals surface area contributed by atoms with E-state index in [2.05, 4.69) is 11.9 Å². The molecule has 1 unspecified atom stereocenters. The second kappa shape index (κ2) is 7.42. The Balaban J connectivity index is 2.70. The molecule has 0 spiro atoms. The first-order valence-corrected chi connectivity index (χ1v) is 6.62. The van der Waals surface area contributed by atoms with E-state index in [0.29, 0.717) is 17.8 Å². The average molecular weight is 292 g/mol. The van der Waals surface area contributed by atoms with Crippen molar-refractivity contribution in [2.75, 3.05) is 13.1 Å². The molecule has 1 rings (SSSR count). The van der Waals surface area contributed by atoms with Gasteiger partial charge in [-0.15, -0.1) is 0 Å². The summed E-state index contributed by atoms with van der Waals surface area (Å²) in [7, 11) is 0. The molecule has 0 aliphatic carbocycles. The van der Waals surface area contributed by atoms with Crippen LogP contribution >= 0.6 is 0 Å². The quantitative estimate of drug-likeness (QED) is 0.595. The first kappa shape index (κ1) is 16.7. The number of allylic oxidation sites excluding steroid dienone is 4. The minimum Gasteiger partial charge on any atom is -0.442 e. The van der Waals surface area contributed by atoms with E-state index in [-0.39, 0.29) is 24.3 Å². The van der Waals surface area contributed by atoms with Crippen molar-refractivity contribution in [1.82, 2.24) is 10.2 Å². The zero-order valence-electron chi connectivity index (χ0n) is 12.5. The number of ether oxygens (including phenoxy) is 1. The molecule has 1 aliphatic rings. The van der Waals surface area contributed by atoms with Crippen LogP contribution in [0.3, 0.4) is 0 Å². The molecule has 0 aromatic carbocycles. The molecule has 1 saturated heterocycles. The Kier molecular flexibility index (Phi) is 5.90. The van der Waals surface area contributed by atoms with Crippen LogP contribution in [0.1, 0.15) is 20.8 Å². The van der Waals surface area contributed by atoms with E-state index in [4.69, 9.17) is 4.74 Å². The summed E-state index contributed by atoms with van der Waals surface area (Å²) in [6.45, 7) is 8.86. The van der Waals surface area contributed by atoms with Crippen molar-refractivity contribution in [2.24, 2.45) is 0 Å². The highest BCUT2D eigenvalue weighted by atomic mass is 16.6. The van der Waals surface area contributed by atoms with Crippen LogP contribution in [0.25, 0.3) is 0 Å². The summed E-state index contributed by atoms with van der Waals surface area (Å²) in [4.78, 5) is 35.3. The number of carbonyl (C=O) groups is 3. The van der Waals surface area contributed by atoms with Gasteiger partial charge in [0.05, 0.1) is 13.1 Å². The van der Waals surface area contributed by atoms with Crippen molar-refractivity contribution in [3.8, 4) is 0 Å². The second-order valence-corrected chi connectivity index (χ2v) is 4.68. The highest BCUT2D eigenvalue weighted by Crippen LogP contribution is 2.18. The Morgan fingerprint density at radius 2 is 2.10 bits per heavy atom. The van der Waals surface area contributed by atoms with Gasteiger partial charge in [-0.2, -0.15) is 0 Å². The van der Waals surface area contributed by atoms with E-state index in [9.17, 15) is 14.4 Å². The number of nitrogens with one attached hydrogen (secondary N) is 1. The van der Waals surface area contributed by atoms with Crippen LogP contribution in [0, 0.1) is 0 Å². The maximum Gasteiger partial charge on any atom is 0.414 e. The van der Waals surface area contributed by atoms with Crippen molar-refractivity contribution < 1.29 is 19.1 Å². The predicted molar refractivity (Wildman–Crippen MR) is 78.4 cm³/mol. The second-order valence-electron chi connectivity index (χ2n) is 4.68. The first-order valence-electron chi connectivity index (χ1n) is 6.62. The van der Waals surface area contributed by atoms with Gasteiger partial charge in [-0.25, -0.2) is 4.79 Å². The number of Topliss-reactive ketones (excluding diaryl/α,β-unsaturated/α-hetero) is 1. The molecule has 0 bridgehead atoms. The van der Waals surface area contributed by atoms with Crippen LogP contribution < -0.4 is 5.32 Å². The molecule has 1 N–H and O–H groups in total. The molecule has 6 heteroatoms. The molecule has 1 heterocycles. The van der Waals surface area contributed by atoms with Gasteiger partial charge in [0.2, 0.25) is 5.91 Å². The topological polar surface area (TPSA) is 75.7 Å². The molecular formula is C15H20N2O4. The predicted octanol–water partition coefficient (Wildman–Crippen LogP) is 1.55. The Hall–Kier alpha value is -2.37. The van der Waals surface area contributed by atoms with Crippen molar-refractivity contribution in [2.45, 2.75) is 26.9 Å². The number of hydrogen-bond donors (Lipinski definition) is 1. The fourth-order valence-electron chi connectivity index (χ4n) is 1.74. The van der Waals surface area contributed by atoms with E-state index in [1.54, 1.807) is 25.2 Å². The van der Waals surface area contributed by atoms with E-state index in [1.807, 2.05) is 0 Å². The lowest BCUT2D eigenvalue weighted by atomic mass is 10.2. The monoisotopic (exact) mass is 292 g/mol. The zero-order chi connectivity index (χ0) is 16.0. The fourth-order valence-corrected chi connectivity index (χ4v) is 1.74. The average Bonchev–Trinajstić information content (AvgIpc) is 2.78. The molecule has 0 aromatic heterocycles. The third kappa shape index (κ3) is 4.91. The fraction of sp³-hybridized carbons (Fsp3) is 0.400. The highest BCUT2D eigenvalue weighted by molar-refractivity contribution is 5.95.